The van der Waals surface area contributed by atoms with Crippen LogP contribution in [0.15, 0.2) is 18.3 Å². The van der Waals surface area contributed by atoms with Crippen molar-refractivity contribution in [3.63, 3.8) is 0 Å². The molecule has 0 bridgehead atoms. The third-order valence-corrected chi connectivity index (χ3v) is 3.27. The molecule has 2 aromatic rings. The molecule has 1 N–H and O–H groups in total. The molecule has 1 aliphatic heterocycles. The number of nitrogens with zero attached hydrogens (tertiary/aromatic N) is 3. The molecule has 0 radical (unpaired) electrons. The molecule has 4 heteroatoms. The van der Waals surface area contributed by atoms with Gasteiger partial charge in [-0.2, -0.15) is 0 Å². The van der Waals surface area contributed by atoms with E-state index in [9.17, 15) is 0 Å². The second-order valence-electron chi connectivity index (χ2n) is 4.25. The highest BCUT2D eigenvalue weighted by atomic mass is 15.1. The molecule has 2 aromatic heterocycles. The van der Waals surface area contributed by atoms with Crippen molar-refractivity contribution in [2.75, 3.05) is 13.1 Å². The fourth-order valence-electron chi connectivity index (χ4n) is 2.47. The first kappa shape index (κ1) is 9.78. The van der Waals surface area contributed by atoms with E-state index < -0.39 is 0 Å². The maximum Gasteiger partial charge on any atom is 0.159 e. The molecule has 84 valence electrons. The predicted octanol–water partition coefficient (Wildman–Crippen LogP) is 1.53. The van der Waals surface area contributed by atoms with Gasteiger partial charge >= 0.3 is 0 Å². The van der Waals surface area contributed by atoms with Crippen LogP contribution in [0, 0.1) is 0 Å². The normalized spacial score (nSPS) is 20.7. The summed E-state index contributed by atoms with van der Waals surface area (Å²) in [5, 5.41) is 3.39. The van der Waals surface area contributed by atoms with Crippen molar-refractivity contribution in [1.29, 1.82) is 0 Å². The molecule has 1 fully saturated rings. The molecule has 0 amide bonds. The highest BCUT2D eigenvalue weighted by molar-refractivity contribution is 5.71. The minimum Gasteiger partial charge on any atom is -0.316 e. The van der Waals surface area contributed by atoms with Gasteiger partial charge in [-0.1, -0.05) is 0 Å². The Balaban J connectivity index is 2.15. The SMILES string of the molecule is CCn1c([C@@H]2CCNC2)nc2cccnc21. The summed E-state index contributed by atoms with van der Waals surface area (Å²) < 4.78 is 2.24. The molecular weight excluding hydrogens is 200 g/mol. The van der Waals surface area contributed by atoms with Crippen molar-refractivity contribution in [2.45, 2.75) is 25.8 Å². The fraction of sp³-hybridized carbons (Fsp3) is 0.500. The summed E-state index contributed by atoms with van der Waals surface area (Å²) in [6.45, 7) is 5.25. The van der Waals surface area contributed by atoms with Gasteiger partial charge in [0, 0.05) is 25.2 Å². The molecule has 0 saturated carbocycles. The Morgan fingerprint density at radius 2 is 2.50 bits per heavy atom. The van der Waals surface area contributed by atoms with Gasteiger partial charge in [0.05, 0.1) is 0 Å². The minimum atomic E-state index is 0.550. The lowest BCUT2D eigenvalue weighted by Gasteiger charge is -2.10. The van der Waals surface area contributed by atoms with Crippen molar-refractivity contribution >= 4 is 11.2 Å². The molecule has 16 heavy (non-hydrogen) atoms. The van der Waals surface area contributed by atoms with Gasteiger partial charge in [-0.3, -0.25) is 0 Å². The Kier molecular flexibility index (Phi) is 2.36. The third-order valence-electron chi connectivity index (χ3n) is 3.27. The predicted molar refractivity (Wildman–Crippen MR) is 63.4 cm³/mol. The number of nitrogens with one attached hydrogen (secondary N) is 1. The standard InChI is InChI=1S/C12H16N4/c1-2-16-11(9-5-7-13-8-9)15-10-4-3-6-14-12(10)16/h3-4,6,9,13H,2,5,7-8H2,1H3/t9-/m1/s1. The summed E-state index contributed by atoms with van der Waals surface area (Å²) in [4.78, 5) is 9.15. The van der Waals surface area contributed by atoms with E-state index in [0.29, 0.717) is 5.92 Å². The Bertz CT molecular complexity index is 497. The van der Waals surface area contributed by atoms with Gasteiger partial charge in [0.15, 0.2) is 5.65 Å². The summed E-state index contributed by atoms with van der Waals surface area (Å²) in [6, 6.07) is 3.99. The smallest absolute Gasteiger partial charge is 0.159 e. The Labute approximate surface area is 94.7 Å². The number of pyridine rings is 1. The zero-order valence-corrected chi connectivity index (χ0v) is 9.48. The first-order valence-corrected chi connectivity index (χ1v) is 5.92. The number of hydrogen-bond donors (Lipinski definition) is 1. The maximum absolute atomic E-state index is 4.73. The molecule has 3 rings (SSSR count). The average molecular weight is 216 g/mol. The van der Waals surface area contributed by atoms with Crippen molar-refractivity contribution < 1.29 is 0 Å². The quantitative estimate of drug-likeness (QED) is 0.827. The van der Waals surface area contributed by atoms with Gasteiger partial charge < -0.3 is 9.88 Å². The molecular formula is C12H16N4. The van der Waals surface area contributed by atoms with Crippen molar-refractivity contribution in [3.05, 3.63) is 24.2 Å². The van der Waals surface area contributed by atoms with Crippen molar-refractivity contribution in [3.8, 4) is 0 Å². The van der Waals surface area contributed by atoms with Gasteiger partial charge in [0.2, 0.25) is 0 Å². The van der Waals surface area contributed by atoms with Crippen LogP contribution >= 0.6 is 0 Å². The van der Waals surface area contributed by atoms with E-state index in [0.717, 1.165) is 30.8 Å². The highest BCUT2D eigenvalue weighted by Crippen LogP contribution is 2.24. The maximum atomic E-state index is 4.73. The van der Waals surface area contributed by atoms with Gasteiger partial charge in [-0.25, -0.2) is 9.97 Å². The summed E-state index contributed by atoms with van der Waals surface area (Å²) in [5.74, 6) is 1.75. The van der Waals surface area contributed by atoms with E-state index in [1.54, 1.807) is 0 Å². The molecule has 1 aliphatic rings. The molecule has 1 saturated heterocycles. The van der Waals surface area contributed by atoms with E-state index in [2.05, 4.69) is 21.8 Å². The van der Waals surface area contributed by atoms with Crippen LogP contribution in [0.3, 0.4) is 0 Å². The van der Waals surface area contributed by atoms with Crippen molar-refractivity contribution in [1.82, 2.24) is 19.9 Å². The van der Waals surface area contributed by atoms with Crippen LogP contribution in [0.4, 0.5) is 0 Å². The van der Waals surface area contributed by atoms with Gasteiger partial charge in [0.1, 0.15) is 11.3 Å². The summed E-state index contributed by atoms with van der Waals surface area (Å²) in [7, 11) is 0. The first-order valence-electron chi connectivity index (χ1n) is 5.92. The highest BCUT2D eigenvalue weighted by Gasteiger charge is 2.23. The lowest BCUT2D eigenvalue weighted by Crippen LogP contribution is -2.12. The Morgan fingerprint density at radius 1 is 1.56 bits per heavy atom. The monoisotopic (exact) mass is 216 g/mol. The zero-order valence-electron chi connectivity index (χ0n) is 9.48. The van der Waals surface area contributed by atoms with E-state index >= 15 is 0 Å². The number of hydrogen-bond acceptors (Lipinski definition) is 3. The lowest BCUT2D eigenvalue weighted by atomic mass is 10.1. The number of aryl methyl sites for hydroxylation is 1. The Hall–Kier alpha value is -1.42. The number of rotatable bonds is 2. The second kappa shape index (κ2) is 3.87. The van der Waals surface area contributed by atoms with E-state index in [1.165, 1.54) is 12.2 Å². The minimum absolute atomic E-state index is 0.550. The van der Waals surface area contributed by atoms with Crippen LogP contribution in [0.1, 0.15) is 25.1 Å². The zero-order chi connectivity index (χ0) is 11.0. The molecule has 1 atom stereocenters. The summed E-state index contributed by atoms with van der Waals surface area (Å²) in [5.41, 5.74) is 2.04. The van der Waals surface area contributed by atoms with E-state index in [-0.39, 0.29) is 0 Å². The van der Waals surface area contributed by atoms with Crippen LogP contribution in [0.5, 0.6) is 0 Å². The van der Waals surface area contributed by atoms with E-state index in [1.807, 2.05) is 18.3 Å². The molecule has 0 spiro atoms. The summed E-state index contributed by atoms with van der Waals surface area (Å²) in [6.07, 6.45) is 3.02. The summed E-state index contributed by atoms with van der Waals surface area (Å²) >= 11 is 0. The topological polar surface area (TPSA) is 42.7 Å². The molecule has 4 nitrogen and oxygen atoms in total. The van der Waals surface area contributed by atoms with Gasteiger partial charge in [0.25, 0.3) is 0 Å². The van der Waals surface area contributed by atoms with Gasteiger partial charge in [-0.05, 0) is 32.0 Å². The second-order valence-corrected chi connectivity index (χ2v) is 4.25. The van der Waals surface area contributed by atoms with Crippen molar-refractivity contribution in [2.24, 2.45) is 0 Å². The van der Waals surface area contributed by atoms with Gasteiger partial charge in [-0.15, -0.1) is 0 Å². The molecule has 3 heterocycles. The fourth-order valence-corrected chi connectivity index (χ4v) is 2.47. The van der Waals surface area contributed by atoms with Crippen LogP contribution in [0.2, 0.25) is 0 Å². The third kappa shape index (κ3) is 1.41. The van der Waals surface area contributed by atoms with E-state index in [4.69, 9.17) is 4.98 Å². The number of fused-ring (bicyclic) bond motifs is 1. The lowest BCUT2D eigenvalue weighted by molar-refractivity contribution is 0.628. The van der Waals surface area contributed by atoms with Crippen LogP contribution in [-0.4, -0.2) is 27.6 Å². The van der Waals surface area contributed by atoms with Crippen LogP contribution in [-0.2, 0) is 6.54 Å². The number of aromatic nitrogens is 3. The van der Waals surface area contributed by atoms with Crippen LogP contribution in [0.25, 0.3) is 11.2 Å². The molecule has 0 unspecified atom stereocenters. The number of imidazole rings is 1. The largest absolute Gasteiger partial charge is 0.316 e. The first-order chi connectivity index (χ1) is 7.90. The Morgan fingerprint density at radius 3 is 3.25 bits per heavy atom. The van der Waals surface area contributed by atoms with Crippen LogP contribution < -0.4 is 5.32 Å². The molecule has 0 aliphatic carbocycles. The average Bonchev–Trinajstić information content (AvgIpc) is 2.95. The molecule has 0 aromatic carbocycles.